The van der Waals surface area contributed by atoms with E-state index in [2.05, 4.69) is 11.4 Å². The highest BCUT2D eigenvalue weighted by Gasteiger charge is 2.56. The summed E-state index contributed by atoms with van der Waals surface area (Å²) >= 11 is 0. The number of amides is 2. The molecule has 4 bridgehead atoms. The van der Waals surface area contributed by atoms with E-state index >= 15 is 0 Å². The topological polar surface area (TPSA) is 113 Å². The molecule has 5 fully saturated rings. The summed E-state index contributed by atoms with van der Waals surface area (Å²) in [6.45, 7) is 0.676. The molecule has 0 aromatic heterocycles. The van der Waals surface area contributed by atoms with Crippen LogP contribution < -0.4 is 15.4 Å². The Bertz CT molecular complexity index is 1140. The molecule has 1 saturated heterocycles. The van der Waals surface area contributed by atoms with Crippen LogP contribution in [0.4, 0.5) is 5.69 Å². The molecule has 1 aromatic rings. The molecule has 35 heavy (non-hydrogen) atoms. The number of nitrogens with zero attached hydrogens (tertiary/aromatic N) is 2. The molecule has 9 heteroatoms. The molecule has 190 valence electrons. The molecule has 2 unspecified atom stereocenters. The smallest absolute Gasteiger partial charge is 0.304 e. The van der Waals surface area contributed by atoms with E-state index < -0.39 is 10.2 Å². The first-order valence-electron chi connectivity index (χ1n) is 13.2. The van der Waals surface area contributed by atoms with Crippen LogP contribution in [0.1, 0.15) is 62.5 Å². The Hall–Kier alpha value is -2.13. The molecule has 4 saturated carbocycles. The number of anilines is 1. The average molecular weight is 501 g/mol. The minimum absolute atomic E-state index is 0.0101. The zero-order valence-corrected chi connectivity index (χ0v) is 21.1. The summed E-state index contributed by atoms with van der Waals surface area (Å²) in [5.74, 6) is 0.882. The molecular weight excluding hydrogens is 464 g/mol. The molecule has 2 atom stereocenters. The van der Waals surface area contributed by atoms with Gasteiger partial charge in [-0.15, -0.1) is 0 Å². The molecule has 2 amide bonds. The van der Waals surface area contributed by atoms with Crippen molar-refractivity contribution in [3.8, 4) is 0 Å². The van der Waals surface area contributed by atoms with Gasteiger partial charge in [0.05, 0.1) is 12.2 Å². The van der Waals surface area contributed by atoms with Gasteiger partial charge in [0.25, 0.3) is 0 Å². The maximum atomic E-state index is 13.6. The van der Waals surface area contributed by atoms with Crippen molar-refractivity contribution in [3.63, 3.8) is 0 Å². The molecule has 7 rings (SSSR count). The van der Waals surface area contributed by atoms with E-state index in [-0.39, 0.29) is 29.8 Å². The van der Waals surface area contributed by atoms with E-state index in [0.29, 0.717) is 43.7 Å². The van der Waals surface area contributed by atoms with Crippen molar-refractivity contribution in [2.24, 2.45) is 28.9 Å². The Kier molecular flexibility index (Phi) is 5.64. The van der Waals surface area contributed by atoms with Crippen molar-refractivity contribution in [2.45, 2.75) is 70.3 Å². The van der Waals surface area contributed by atoms with E-state index in [4.69, 9.17) is 5.73 Å². The monoisotopic (exact) mass is 500 g/mol. The number of nitrogens with two attached hydrogens (primary N) is 1. The van der Waals surface area contributed by atoms with Crippen LogP contribution in [0.15, 0.2) is 18.2 Å². The normalized spacial score (nSPS) is 35.1. The van der Waals surface area contributed by atoms with Crippen molar-refractivity contribution in [2.75, 3.05) is 23.9 Å². The first-order chi connectivity index (χ1) is 16.7. The number of hydrogen-bond donors (Lipinski definition) is 2. The second-order valence-electron chi connectivity index (χ2n) is 11.7. The molecule has 0 radical (unpaired) electrons. The second-order valence-corrected chi connectivity index (χ2v) is 13.6. The number of primary amides is 1. The van der Waals surface area contributed by atoms with Gasteiger partial charge < -0.3 is 11.1 Å². The lowest BCUT2D eigenvalue weighted by molar-refractivity contribution is -0.134. The van der Waals surface area contributed by atoms with Gasteiger partial charge in [0.2, 0.25) is 11.8 Å². The number of nitrogens with one attached hydrogen (secondary N) is 1. The van der Waals surface area contributed by atoms with Crippen LogP contribution in [0.2, 0.25) is 0 Å². The Labute approximate surface area is 207 Å². The van der Waals surface area contributed by atoms with Crippen molar-refractivity contribution >= 4 is 27.7 Å². The van der Waals surface area contributed by atoms with Crippen molar-refractivity contribution in [3.05, 3.63) is 29.3 Å². The van der Waals surface area contributed by atoms with Crippen LogP contribution in [0, 0.1) is 23.2 Å². The van der Waals surface area contributed by atoms with E-state index in [9.17, 15) is 18.0 Å². The molecule has 3 N–H and O–H groups in total. The Morgan fingerprint density at radius 3 is 2.57 bits per heavy atom. The standard InChI is InChI=1S/C26H36N4O4S/c27-23(31)15-26-12-17-10-19(13-26)25(20(11-17)14-26)28-24(32)16-29-8-3-9-30(35(29,33)34)22-7-2-5-18-4-1-6-21(18)22/h2,5,7,17,19-20,25H,1,3-4,6,8-16H2,(H2,27,31)(H,28,32). The van der Waals surface area contributed by atoms with Crippen LogP contribution in [0.5, 0.6) is 0 Å². The average Bonchev–Trinajstić information content (AvgIpc) is 3.25. The number of carbonyl (C=O) groups excluding carboxylic acids is 2. The molecule has 8 nitrogen and oxygen atoms in total. The van der Waals surface area contributed by atoms with E-state index in [1.165, 1.54) is 14.2 Å². The summed E-state index contributed by atoms with van der Waals surface area (Å²) in [5, 5.41) is 3.23. The Balaban J connectivity index is 1.15. The van der Waals surface area contributed by atoms with Gasteiger partial charge in [-0.05, 0) is 98.1 Å². The first-order valence-corrected chi connectivity index (χ1v) is 14.6. The Morgan fingerprint density at radius 1 is 1.06 bits per heavy atom. The summed E-state index contributed by atoms with van der Waals surface area (Å²) < 4.78 is 30.0. The minimum atomic E-state index is -3.76. The number of fused-ring (bicyclic) bond motifs is 1. The SMILES string of the molecule is NC(=O)CC12CC3CC(C1)C(NC(=O)CN1CCCN(c4cccc5c4CCC5)S1(=O)=O)C(C3)C2. The molecule has 1 aliphatic heterocycles. The van der Waals surface area contributed by atoms with Crippen LogP contribution >= 0.6 is 0 Å². The fourth-order valence-corrected chi connectivity index (χ4v) is 10.1. The van der Waals surface area contributed by atoms with E-state index in [1.807, 2.05) is 12.1 Å². The molecular formula is C26H36N4O4S. The predicted molar refractivity (Wildman–Crippen MR) is 133 cm³/mol. The van der Waals surface area contributed by atoms with Gasteiger partial charge in [0.1, 0.15) is 0 Å². The van der Waals surface area contributed by atoms with Gasteiger partial charge in [-0.1, -0.05) is 12.1 Å². The molecule has 6 aliphatic rings. The van der Waals surface area contributed by atoms with Crippen LogP contribution in [-0.4, -0.2) is 50.2 Å². The predicted octanol–water partition coefficient (Wildman–Crippen LogP) is 2.12. The highest BCUT2D eigenvalue weighted by molar-refractivity contribution is 7.90. The van der Waals surface area contributed by atoms with Crippen LogP contribution in [0.3, 0.4) is 0 Å². The Morgan fingerprint density at radius 2 is 1.83 bits per heavy atom. The van der Waals surface area contributed by atoms with Gasteiger partial charge >= 0.3 is 10.2 Å². The molecule has 1 heterocycles. The zero-order chi connectivity index (χ0) is 24.4. The summed E-state index contributed by atoms with van der Waals surface area (Å²) in [5.41, 5.74) is 8.74. The van der Waals surface area contributed by atoms with Gasteiger partial charge in [-0.25, -0.2) is 0 Å². The van der Waals surface area contributed by atoms with E-state index in [0.717, 1.165) is 62.6 Å². The van der Waals surface area contributed by atoms with Crippen molar-refractivity contribution in [1.82, 2.24) is 9.62 Å². The zero-order valence-electron chi connectivity index (χ0n) is 20.2. The molecule has 5 aliphatic carbocycles. The van der Waals surface area contributed by atoms with Crippen LogP contribution in [-0.2, 0) is 32.6 Å². The summed E-state index contributed by atoms with van der Waals surface area (Å²) in [6.07, 6.45) is 9.20. The fourth-order valence-electron chi connectivity index (χ4n) is 8.41. The van der Waals surface area contributed by atoms with Crippen molar-refractivity contribution < 1.29 is 18.0 Å². The van der Waals surface area contributed by atoms with Crippen molar-refractivity contribution in [1.29, 1.82) is 0 Å². The summed E-state index contributed by atoms with van der Waals surface area (Å²) in [4.78, 5) is 24.9. The maximum absolute atomic E-state index is 13.6. The third-order valence-corrected chi connectivity index (χ3v) is 11.3. The number of benzene rings is 1. The van der Waals surface area contributed by atoms with Crippen LogP contribution in [0.25, 0.3) is 0 Å². The lowest BCUT2D eigenvalue weighted by Gasteiger charge is -2.60. The highest BCUT2D eigenvalue weighted by Crippen LogP contribution is 2.61. The number of carbonyl (C=O) groups is 2. The quantitative estimate of drug-likeness (QED) is 0.623. The van der Waals surface area contributed by atoms with Gasteiger partial charge in [0, 0.05) is 25.6 Å². The number of aryl methyl sites for hydroxylation is 1. The lowest BCUT2D eigenvalue weighted by atomic mass is 9.47. The molecule has 1 aromatic carbocycles. The highest BCUT2D eigenvalue weighted by atomic mass is 32.2. The third kappa shape index (κ3) is 4.04. The number of hydrogen-bond acceptors (Lipinski definition) is 4. The van der Waals surface area contributed by atoms with Gasteiger partial charge in [0.15, 0.2) is 0 Å². The summed E-state index contributed by atoms with van der Waals surface area (Å²) in [7, 11) is -3.76. The number of rotatable bonds is 6. The second kappa shape index (κ2) is 8.47. The van der Waals surface area contributed by atoms with E-state index in [1.54, 1.807) is 0 Å². The summed E-state index contributed by atoms with van der Waals surface area (Å²) in [6, 6.07) is 6.01. The fraction of sp³-hybridized carbons (Fsp3) is 0.692. The maximum Gasteiger partial charge on any atom is 0.304 e. The third-order valence-electron chi connectivity index (χ3n) is 9.36. The van der Waals surface area contributed by atoms with Gasteiger partial charge in [-0.2, -0.15) is 12.7 Å². The molecule has 0 spiro atoms. The lowest BCUT2D eigenvalue weighted by Crippen LogP contribution is -2.61. The van der Waals surface area contributed by atoms with Gasteiger partial charge in [-0.3, -0.25) is 13.9 Å². The first kappa shape index (κ1) is 23.3. The minimum Gasteiger partial charge on any atom is -0.370 e. The largest absolute Gasteiger partial charge is 0.370 e.